The SMILES string of the molecule is CNc1nc(Nc2ccn(C)n2)nc(-n2ccnc2)n1. The predicted octanol–water partition coefficient (Wildman–Crippen LogP) is 0.576. The number of aryl methyl sites for hydroxylation is 1. The number of nitrogens with one attached hydrogen (secondary N) is 2. The van der Waals surface area contributed by atoms with E-state index in [4.69, 9.17) is 0 Å². The molecule has 3 heterocycles. The fourth-order valence-corrected chi connectivity index (χ4v) is 1.62. The Morgan fingerprint density at radius 3 is 2.60 bits per heavy atom. The van der Waals surface area contributed by atoms with Crippen LogP contribution in [-0.2, 0) is 7.05 Å². The second-order valence-corrected chi connectivity index (χ2v) is 4.00. The van der Waals surface area contributed by atoms with Gasteiger partial charge >= 0.3 is 0 Å². The Morgan fingerprint density at radius 2 is 1.95 bits per heavy atom. The summed E-state index contributed by atoms with van der Waals surface area (Å²) in [6, 6.07) is 1.83. The molecule has 3 rings (SSSR count). The van der Waals surface area contributed by atoms with Crippen LogP contribution in [0.1, 0.15) is 0 Å². The molecule has 2 N–H and O–H groups in total. The van der Waals surface area contributed by atoms with Crippen LogP contribution < -0.4 is 10.6 Å². The second kappa shape index (κ2) is 4.96. The Morgan fingerprint density at radius 1 is 1.10 bits per heavy atom. The van der Waals surface area contributed by atoms with Crippen LogP contribution in [0.3, 0.4) is 0 Å². The average molecular weight is 271 g/mol. The molecule has 0 aliphatic carbocycles. The van der Waals surface area contributed by atoms with E-state index in [1.54, 1.807) is 35.0 Å². The first kappa shape index (κ1) is 12.1. The average Bonchev–Trinajstić information content (AvgIpc) is 3.10. The van der Waals surface area contributed by atoms with Gasteiger partial charge < -0.3 is 10.6 Å². The lowest BCUT2D eigenvalue weighted by Gasteiger charge is -2.07. The highest BCUT2D eigenvalue weighted by molar-refractivity contribution is 5.49. The van der Waals surface area contributed by atoms with E-state index in [1.807, 2.05) is 19.3 Å². The quantitative estimate of drug-likeness (QED) is 0.716. The summed E-state index contributed by atoms with van der Waals surface area (Å²) in [5.41, 5.74) is 0. The van der Waals surface area contributed by atoms with E-state index >= 15 is 0 Å². The van der Waals surface area contributed by atoms with Crippen LogP contribution in [0.4, 0.5) is 17.7 Å². The minimum atomic E-state index is 0.409. The standard InChI is InChI=1S/C11H13N9/c1-12-9-15-10(14-8-3-5-19(2)18-8)17-11(16-9)20-6-4-13-7-20/h3-7H,1-2H3,(H2,12,14,15,16,17,18). The zero-order valence-electron chi connectivity index (χ0n) is 11.0. The van der Waals surface area contributed by atoms with Gasteiger partial charge in [-0.1, -0.05) is 0 Å². The van der Waals surface area contributed by atoms with E-state index in [-0.39, 0.29) is 0 Å². The van der Waals surface area contributed by atoms with Crippen LogP contribution in [0.2, 0.25) is 0 Å². The molecule has 0 spiro atoms. The minimum Gasteiger partial charge on any atom is -0.357 e. The Kier molecular flexibility index (Phi) is 2.99. The third-order valence-electron chi connectivity index (χ3n) is 2.54. The first-order valence-electron chi connectivity index (χ1n) is 5.93. The Balaban J connectivity index is 1.96. The van der Waals surface area contributed by atoms with Gasteiger partial charge in [0.15, 0.2) is 5.82 Å². The third kappa shape index (κ3) is 2.41. The molecular weight excluding hydrogens is 258 g/mol. The van der Waals surface area contributed by atoms with E-state index in [2.05, 4.69) is 35.7 Å². The van der Waals surface area contributed by atoms with Crippen molar-refractivity contribution in [3.63, 3.8) is 0 Å². The van der Waals surface area contributed by atoms with Crippen LogP contribution >= 0.6 is 0 Å². The van der Waals surface area contributed by atoms with Gasteiger partial charge in [0.2, 0.25) is 17.8 Å². The molecule has 9 nitrogen and oxygen atoms in total. The molecule has 0 atom stereocenters. The molecule has 0 radical (unpaired) electrons. The Hall–Kier alpha value is -2.97. The molecule has 0 aromatic carbocycles. The second-order valence-electron chi connectivity index (χ2n) is 4.00. The zero-order chi connectivity index (χ0) is 13.9. The van der Waals surface area contributed by atoms with Crippen molar-refractivity contribution >= 4 is 17.7 Å². The highest BCUT2D eigenvalue weighted by Crippen LogP contribution is 2.13. The topological polar surface area (TPSA) is 98.4 Å². The summed E-state index contributed by atoms with van der Waals surface area (Å²) in [6.07, 6.45) is 6.88. The molecule has 0 aliphatic rings. The molecule has 0 unspecified atom stereocenters. The molecule has 0 fully saturated rings. The number of aromatic nitrogens is 7. The molecule has 0 saturated carbocycles. The smallest absolute Gasteiger partial charge is 0.241 e. The fraction of sp³-hybridized carbons (Fsp3) is 0.182. The minimum absolute atomic E-state index is 0.409. The Labute approximate surface area is 114 Å². The van der Waals surface area contributed by atoms with Crippen LogP contribution in [-0.4, -0.2) is 41.3 Å². The molecule has 9 heteroatoms. The van der Waals surface area contributed by atoms with Gasteiger partial charge in [0, 0.05) is 38.8 Å². The molecule has 0 saturated heterocycles. The highest BCUT2D eigenvalue weighted by atomic mass is 15.3. The molecule has 0 bridgehead atoms. The summed E-state index contributed by atoms with van der Waals surface area (Å²) >= 11 is 0. The lowest BCUT2D eigenvalue weighted by Crippen LogP contribution is -2.08. The lowest BCUT2D eigenvalue weighted by atomic mass is 10.6. The van der Waals surface area contributed by atoms with Crippen molar-refractivity contribution in [1.82, 2.24) is 34.3 Å². The van der Waals surface area contributed by atoms with Crippen molar-refractivity contribution in [1.29, 1.82) is 0 Å². The summed E-state index contributed by atoms with van der Waals surface area (Å²) in [6.45, 7) is 0. The molecular formula is C11H13N9. The van der Waals surface area contributed by atoms with Crippen LogP contribution in [0.15, 0.2) is 31.0 Å². The van der Waals surface area contributed by atoms with Gasteiger partial charge in [0.05, 0.1) is 0 Å². The van der Waals surface area contributed by atoms with Gasteiger partial charge in [-0.15, -0.1) is 0 Å². The van der Waals surface area contributed by atoms with Gasteiger partial charge in [0.1, 0.15) is 6.33 Å². The van der Waals surface area contributed by atoms with Gasteiger partial charge in [-0.05, 0) is 0 Å². The number of imidazole rings is 1. The van der Waals surface area contributed by atoms with E-state index in [0.717, 1.165) is 0 Å². The zero-order valence-corrected chi connectivity index (χ0v) is 11.0. The number of nitrogens with zero attached hydrogens (tertiary/aromatic N) is 7. The van der Waals surface area contributed by atoms with Gasteiger partial charge in [0.25, 0.3) is 0 Å². The van der Waals surface area contributed by atoms with Gasteiger partial charge in [-0.2, -0.15) is 20.1 Å². The Bertz CT molecular complexity index is 701. The van der Waals surface area contributed by atoms with Crippen molar-refractivity contribution in [3.8, 4) is 5.95 Å². The summed E-state index contributed by atoms with van der Waals surface area (Å²) < 4.78 is 3.39. The molecule has 3 aromatic rings. The monoisotopic (exact) mass is 271 g/mol. The van der Waals surface area contributed by atoms with E-state index < -0.39 is 0 Å². The first-order valence-corrected chi connectivity index (χ1v) is 5.93. The summed E-state index contributed by atoms with van der Waals surface area (Å²) in [5, 5.41) is 10.2. The number of hydrogen-bond donors (Lipinski definition) is 2. The van der Waals surface area contributed by atoms with Crippen LogP contribution in [0, 0.1) is 0 Å². The predicted molar refractivity (Wildman–Crippen MR) is 73.0 cm³/mol. The summed E-state index contributed by atoms with van der Waals surface area (Å²) in [4.78, 5) is 16.8. The number of hydrogen-bond acceptors (Lipinski definition) is 7. The van der Waals surface area contributed by atoms with E-state index in [9.17, 15) is 0 Å². The lowest BCUT2D eigenvalue weighted by molar-refractivity contribution is 0.770. The molecule has 0 aliphatic heterocycles. The first-order chi connectivity index (χ1) is 9.74. The molecule has 3 aromatic heterocycles. The van der Waals surface area contributed by atoms with E-state index in [0.29, 0.717) is 23.7 Å². The molecule has 20 heavy (non-hydrogen) atoms. The highest BCUT2D eigenvalue weighted by Gasteiger charge is 2.08. The number of rotatable bonds is 4. The van der Waals surface area contributed by atoms with Crippen molar-refractivity contribution in [3.05, 3.63) is 31.0 Å². The molecule has 0 amide bonds. The fourth-order valence-electron chi connectivity index (χ4n) is 1.62. The number of anilines is 3. The summed E-state index contributed by atoms with van der Waals surface area (Å²) in [7, 11) is 3.59. The molecule has 102 valence electrons. The summed E-state index contributed by atoms with van der Waals surface area (Å²) in [5.74, 6) is 2.01. The normalized spacial score (nSPS) is 10.5. The van der Waals surface area contributed by atoms with Crippen molar-refractivity contribution in [2.75, 3.05) is 17.7 Å². The maximum atomic E-state index is 4.33. The van der Waals surface area contributed by atoms with Gasteiger partial charge in [-0.25, -0.2) is 4.98 Å². The van der Waals surface area contributed by atoms with E-state index in [1.165, 1.54) is 0 Å². The van der Waals surface area contributed by atoms with Crippen molar-refractivity contribution < 1.29 is 0 Å². The maximum Gasteiger partial charge on any atom is 0.241 e. The van der Waals surface area contributed by atoms with Gasteiger partial charge in [-0.3, -0.25) is 9.25 Å². The maximum absolute atomic E-state index is 4.33. The van der Waals surface area contributed by atoms with Crippen molar-refractivity contribution in [2.24, 2.45) is 7.05 Å². The van der Waals surface area contributed by atoms with Crippen molar-refractivity contribution in [2.45, 2.75) is 0 Å². The largest absolute Gasteiger partial charge is 0.357 e. The third-order valence-corrected chi connectivity index (χ3v) is 2.54. The van der Waals surface area contributed by atoms with Crippen LogP contribution in [0.25, 0.3) is 5.95 Å². The van der Waals surface area contributed by atoms with Crippen LogP contribution in [0.5, 0.6) is 0 Å².